The van der Waals surface area contributed by atoms with Crippen molar-refractivity contribution in [1.82, 2.24) is 9.80 Å². The molecule has 8 heteroatoms. The minimum absolute atomic E-state index is 0.0740. The van der Waals surface area contributed by atoms with Crippen molar-refractivity contribution >= 4 is 28.3 Å². The number of amides is 3. The first-order valence-electron chi connectivity index (χ1n) is 15.2. The molecule has 0 bridgehead atoms. The Morgan fingerprint density at radius 3 is 2.25 bits per heavy atom. The van der Waals surface area contributed by atoms with Gasteiger partial charge in [0.25, 0.3) is 5.91 Å². The van der Waals surface area contributed by atoms with Gasteiger partial charge in [-0.25, -0.2) is 4.79 Å². The van der Waals surface area contributed by atoms with Gasteiger partial charge in [0.1, 0.15) is 17.4 Å². The summed E-state index contributed by atoms with van der Waals surface area (Å²) in [5.74, 6) is 0.799. The van der Waals surface area contributed by atoms with Gasteiger partial charge in [0, 0.05) is 31.1 Å². The van der Waals surface area contributed by atoms with Crippen molar-refractivity contribution in [3.63, 3.8) is 0 Å². The van der Waals surface area contributed by atoms with Crippen LogP contribution in [0.5, 0.6) is 5.75 Å². The van der Waals surface area contributed by atoms with Gasteiger partial charge in [-0.3, -0.25) is 10.1 Å². The van der Waals surface area contributed by atoms with Gasteiger partial charge in [0.05, 0.1) is 18.8 Å². The summed E-state index contributed by atoms with van der Waals surface area (Å²) in [7, 11) is 0. The zero-order valence-corrected chi connectivity index (χ0v) is 27.1. The third-order valence-electron chi connectivity index (χ3n) is 8.11. The van der Waals surface area contributed by atoms with Crippen molar-refractivity contribution in [3.05, 3.63) is 106 Å². The summed E-state index contributed by atoms with van der Waals surface area (Å²) in [6.45, 7) is 13.7. The number of thiophene rings is 1. The highest BCUT2D eigenvalue weighted by molar-refractivity contribution is 7.20. The number of anilines is 1. The van der Waals surface area contributed by atoms with Crippen LogP contribution in [0.1, 0.15) is 50.7 Å². The first-order valence-corrected chi connectivity index (χ1v) is 16.0. The first kappa shape index (κ1) is 31.3. The van der Waals surface area contributed by atoms with Gasteiger partial charge in [-0.15, -0.1) is 11.3 Å². The monoisotopic (exact) mass is 611 g/mol. The Morgan fingerprint density at radius 2 is 1.59 bits per heavy atom. The summed E-state index contributed by atoms with van der Waals surface area (Å²) in [5, 5.41) is 3.70. The Balaban J connectivity index is 1.35. The fourth-order valence-corrected chi connectivity index (χ4v) is 6.85. The van der Waals surface area contributed by atoms with Crippen LogP contribution in [0.15, 0.2) is 66.7 Å². The number of carbonyl (C=O) groups is 2. The number of nitrogens with zero attached hydrogens (tertiary/aromatic N) is 2. The summed E-state index contributed by atoms with van der Waals surface area (Å²) < 4.78 is 11.7. The number of aryl methyl sites for hydroxylation is 3. The summed E-state index contributed by atoms with van der Waals surface area (Å²) >= 11 is 1.45. The van der Waals surface area contributed by atoms with Crippen LogP contribution >= 0.6 is 11.3 Å². The molecule has 0 radical (unpaired) electrons. The van der Waals surface area contributed by atoms with E-state index in [2.05, 4.69) is 36.5 Å². The number of rotatable bonds is 9. The molecule has 44 heavy (non-hydrogen) atoms. The second-order valence-electron chi connectivity index (χ2n) is 11.2. The number of benzene rings is 3. The second-order valence-corrected chi connectivity index (χ2v) is 12.3. The minimum atomic E-state index is -0.237. The van der Waals surface area contributed by atoms with Gasteiger partial charge in [0.15, 0.2) is 0 Å². The highest BCUT2D eigenvalue weighted by Crippen LogP contribution is 2.41. The number of hydrogen-bond donors (Lipinski definition) is 1. The Labute approximate surface area is 264 Å². The third kappa shape index (κ3) is 6.98. The lowest BCUT2D eigenvalue weighted by molar-refractivity contribution is 0.0303. The van der Waals surface area contributed by atoms with E-state index in [1.54, 1.807) is 4.90 Å². The molecule has 1 saturated heterocycles. The number of ether oxygens (including phenoxy) is 2. The van der Waals surface area contributed by atoms with Crippen LogP contribution in [0.4, 0.5) is 9.80 Å². The maximum Gasteiger partial charge on any atom is 0.322 e. The van der Waals surface area contributed by atoms with Gasteiger partial charge >= 0.3 is 6.03 Å². The zero-order chi connectivity index (χ0) is 31.2. The van der Waals surface area contributed by atoms with Gasteiger partial charge in [0.2, 0.25) is 0 Å². The minimum Gasteiger partial charge on any atom is -0.488 e. The molecule has 1 N–H and O–H groups in total. The van der Waals surface area contributed by atoms with Crippen LogP contribution in [-0.4, -0.2) is 54.6 Å². The normalized spacial score (nSPS) is 13.1. The van der Waals surface area contributed by atoms with Crippen molar-refractivity contribution < 1.29 is 19.1 Å². The Kier molecular flexibility index (Phi) is 10.0. The largest absolute Gasteiger partial charge is 0.488 e. The second kappa shape index (κ2) is 14.1. The van der Waals surface area contributed by atoms with Crippen LogP contribution in [0, 0.1) is 27.7 Å². The molecule has 1 aliphatic heterocycles. The SMILES string of the molecule is CCN(Cc1cc(C)c(OCc2ccccc2C)c(C)c1)C(=O)Nc1sc(-c2ccccc2)c(C)c1C(=O)N1CCOCC1. The van der Waals surface area contributed by atoms with Gasteiger partial charge in [-0.05, 0) is 73.6 Å². The molecule has 0 spiro atoms. The molecule has 230 valence electrons. The van der Waals surface area contributed by atoms with Crippen LogP contribution in [0.25, 0.3) is 10.4 Å². The van der Waals surface area contributed by atoms with Crippen LogP contribution in [-0.2, 0) is 17.9 Å². The Bertz CT molecular complexity index is 1600. The highest BCUT2D eigenvalue weighted by atomic mass is 32.1. The van der Waals surface area contributed by atoms with Crippen molar-refractivity contribution in [2.45, 2.75) is 47.8 Å². The van der Waals surface area contributed by atoms with Gasteiger partial charge in [-0.1, -0.05) is 66.7 Å². The molecule has 0 saturated carbocycles. The standard InChI is InChI=1S/C36H41N3O4S/c1-6-38(22-28-20-25(3)32(26(4)21-28)43-23-30-15-11-10-12-24(30)2)36(41)37-34-31(35(40)39-16-18-42-19-17-39)27(5)33(44-34)29-13-8-7-9-14-29/h7-15,20-21H,6,16-19,22-23H2,1-5H3,(H,37,41). The molecule has 1 aromatic heterocycles. The van der Waals surface area contributed by atoms with E-state index in [1.807, 2.05) is 75.1 Å². The molecule has 3 amide bonds. The molecule has 0 unspecified atom stereocenters. The lowest BCUT2D eigenvalue weighted by Gasteiger charge is -2.27. The number of carbonyl (C=O) groups excluding carboxylic acids is 2. The quantitative estimate of drug-likeness (QED) is 0.210. The molecule has 1 fully saturated rings. The van der Waals surface area contributed by atoms with E-state index in [0.29, 0.717) is 56.6 Å². The lowest BCUT2D eigenvalue weighted by Crippen LogP contribution is -2.41. The van der Waals surface area contributed by atoms with E-state index in [-0.39, 0.29) is 11.9 Å². The molecule has 0 atom stereocenters. The van der Waals surface area contributed by atoms with Crippen LogP contribution < -0.4 is 10.1 Å². The maximum atomic E-state index is 13.8. The van der Waals surface area contributed by atoms with Crippen molar-refractivity contribution in [3.8, 4) is 16.2 Å². The average Bonchev–Trinajstić information content (AvgIpc) is 3.35. The summed E-state index contributed by atoms with van der Waals surface area (Å²) in [6.07, 6.45) is 0. The van der Waals surface area contributed by atoms with E-state index in [4.69, 9.17) is 9.47 Å². The molecular weight excluding hydrogens is 570 g/mol. The smallest absolute Gasteiger partial charge is 0.322 e. The molecular formula is C36H41N3O4S. The highest BCUT2D eigenvalue weighted by Gasteiger charge is 2.29. The zero-order valence-electron chi connectivity index (χ0n) is 26.2. The Hall–Kier alpha value is -4.14. The van der Waals surface area contributed by atoms with Gasteiger partial charge in [-0.2, -0.15) is 0 Å². The number of hydrogen-bond acceptors (Lipinski definition) is 5. The average molecular weight is 612 g/mol. The predicted molar refractivity (Wildman–Crippen MR) is 178 cm³/mol. The number of nitrogens with one attached hydrogen (secondary N) is 1. The first-order chi connectivity index (χ1) is 21.3. The van der Waals surface area contributed by atoms with Crippen molar-refractivity contribution in [2.75, 3.05) is 38.2 Å². The number of morpholine rings is 1. The van der Waals surface area contributed by atoms with E-state index in [0.717, 1.165) is 44.0 Å². The van der Waals surface area contributed by atoms with Gasteiger partial charge < -0.3 is 19.3 Å². The topological polar surface area (TPSA) is 71.1 Å². The molecule has 5 rings (SSSR count). The fourth-order valence-electron chi connectivity index (χ4n) is 5.65. The van der Waals surface area contributed by atoms with Crippen LogP contribution in [0.2, 0.25) is 0 Å². The molecule has 0 aliphatic carbocycles. The number of urea groups is 1. The molecule has 7 nitrogen and oxygen atoms in total. The Morgan fingerprint density at radius 1 is 0.932 bits per heavy atom. The van der Waals surface area contributed by atoms with Crippen LogP contribution in [0.3, 0.4) is 0 Å². The fraction of sp³-hybridized carbons (Fsp3) is 0.333. The van der Waals surface area contributed by atoms with E-state index in [9.17, 15) is 9.59 Å². The maximum absolute atomic E-state index is 13.8. The van der Waals surface area contributed by atoms with Crippen molar-refractivity contribution in [1.29, 1.82) is 0 Å². The molecule has 2 heterocycles. The molecule has 4 aromatic rings. The molecule has 3 aromatic carbocycles. The van der Waals surface area contributed by atoms with E-state index >= 15 is 0 Å². The summed E-state index contributed by atoms with van der Waals surface area (Å²) in [4.78, 5) is 32.1. The van der Waals surface area contributed by atoms with E-state index < -0.39 is 0 Å². The van der Waals surface area contributed by atoms with E-state index in [1.165, 1.54) is 16.9 Å². The summed E-state index contributed by atoms with van der Waals surface area (Å²) in [6, 6.07) is 22.2. The molecule has 1 aliphatic rings. The lowest BCUT2D eigenvalue weighted by atomic mass is 10.0. The predicted octanol–water partition coefficient (Wildman–Crippen LogP) is 7.75. The third-order valence-corrected chi connectivity index (χ3v) is 9.37. The van der Waals surface area contributed by atoms with Crippen molar-refractivity contribution in [2.24, 2.45) is 0 Å². The summed E-state index contributed by atoms with van der Waals surface area (Å²) in [5.41, 5.74) is 7.91.